The summed E-state index contributed by atoms with van der Waals surface area (Å²) in [5, 5.41) is 0. The smallest absolute Gasteiger partial charge is 0.227 e. The average Bonchev–Trinajstić information content (AvgIpc) is 2.64. The molecule has 1 atom stereocenters. The number of Topliss-reactive ketones (excluding diaryl/α,β-unsaturated/α-hetero) is 1. The van der Waals surface area contributed by atoms with Crippen LogP contribution in [0.1, 0.15) is 19.3 Å². The Morgan fingerprint density at radius 2 is 2.20 bits per heavy atom. The van der Waals surface area contributed by atoms with Crippen LogP contribution in [0.3, 0.4) is 0 Å². The molecular formula is C11H18N2O2. The van der Waals surface area contributed by atoms with E-state index in [1.807, 2.05) is 7.05 Å². The molecule has 0 saturated carbocycles. The lowest BCUT2D eigenvalue weighted by molar-refractivity contribution is -0.140. The van der Waals surface area contributed by atoms with Crippen molar-refractivity contribution in [2.24, 2.45) is 5.92 Å². The zero-order chi connectivity index (χ0) is 10.8. The van der Waals surface area contributed by atoms with Crippen LogP contribution in [0.15, 0.2) is 0 Å². The maximum Gasteiger partial charge on any atom is 0.227 e. The third kappa shape index (κ3) is 2.37. The summed E-state index contributed by atoms with van der Waals surface area (Å²) in [6.07, 6.45) is 2.43. The Morgan fingerprint density at radius 1 is 1.40 bits per heavy atom. The van der Waals surface area contributed by atoms with Gasteiger partial charge in [0.2, 0.25) is 5.91 Å². The number of likely N-dealkylation sites (tertiary alicyclic amines) is 2. The predicted molar refractivity (Wildman–Crippen MR) is 56.4 cm³/mol. The molecule has 4 nitrogen and oxygen atoms in total. The van der Waals surface area contributed by atoms with Gasteiger partial charge >= 0.3 is 0 Å². The molecule has 2 saturated heterocycles. The van der Waals surface area contributed by atoms with Crippen LogP contribution in [0.4, 0.5) is 0 Å². The average molecular weight is 210 g/mol. The highest BCUT2D eigenvalue weighted by Crippen LogP contribution is 2.19. The lowest BCUT2D eigenvalue weighted by Crippen LogP contribution is -2.43. The van der Waals surface area contributed by atoms with E-state index < -0.39 is 0 Å². The fourth-order valence-electron chi connectivity index (χ4n) is 2.42. The van der Waals surface area contributed by atoms with E-state index in [9.17, 15) is 9.59 Å². The first kappa shape index (κ1) is 10.6. The quantitative estimate of drug-likeness (QED) is 0.617. The van der Waals surface area contributed by atoms with Crippen LogP contribution in [0, 0.1) is 5.92 Å². The number of nitrogens with zero attached hydrogens (tertiary/aromatic N) is 2. The van der Waals surface area contributed by atoms with E-state index in [2.05, 4.69) is 4.90 Å². The molecule has 0 radical (unpaired) electrons. The van der Waals surface area contributed by atoms with Crippen LogP contribution in [0.5, 0.6) is 0 Å². The zero-order valence-electron chi connectivity index (χ0n) is 9.24. The maximum atomic E-state index is 12.0. The maximum absolute atomic E-state index is 12.0. The van der Waals surface area contributed by atoms with Crippen molar-refractivity contribution in [3.05, 3.63) is 0 Å². The topological polar surface area (TPSA) is 40.6 Å². The highest BCUT2D eigenvalue weighted by molar-refractivity contribution is 5.88. The van der Waals surface area contributed by atoms with Crippen molar-refractivity contribution in [2.45, 2.75) is 19.3 Å². The standard InChI is InChI=1S/C11H18N2O2/c1-12-6-4-9(7-12)11(15)13-5-2-3-10(14)8-13/h9H,2-8H2,1H3. The first-order valence-electron chi connectivity index (χ1n) is 5.66. The van der Waals surface area contributed by atoms with Crippen LogP contribution in [0.2, 0.25) is 0 Å². The molecule has 0 aromatic carbocycles. The highest BCUT2D eigenvalue weighted by Gasteiger charge is 2.31. The minimum atomic E-state index is 0.126. The second kappa shape index (κ2) is 4.31. The van der Waals surface area contributed by atoms with Crippen LogP contribution < -0.4 is 0 Å². The van der Waals surface area contributed by atoms with E-state index in [0.29, 0.717) is 13.0 Å². The van der Waals surface area contributed by atoms with Crippen molar-refractivity contribution in [1.29, 1.82) is 0 Å². The number of rotatable bonds is 1. The predicted octanol–water partition coefficient (Wildman–Crippen LogP) is 0.130. The molecule has 2 fully saturated rings. The molecule has 0 aromatic rings. The van der Waals surface area contributed by atoms with Gasteiger partial charge in [0.1, 0.15) is 0 Å². The second-order valence-corrected chi connectivity index (χ2v) is 4.65. The Balaban J connectivity index is 1.92. The molecule has 0 N–H and O–H groups in total. The van der Waals surface area contributed by atoms with Crippen molar-refractivity contribution < 1.29 is 9.59 Å². The fraction of sp³-hybridized carbons (Fsp3) is 0.818. The molecule has 2 aliphatic rings. The van der Waals surface area contributed by atoms with Crippen molar-refractivity contribution in [3.8, 4) is 0 Å². The molecule has 0 aliphatic carbocycles. The van der Waals surface area contributed by atoms with E-state index in [1.165, 1.54) is 0 Å². The van der Waals surface area contributed by atoms with Gasteiger partial charge in [-0.3, -0.25) is 9.59 Å². The van der Waals surface area contributed by atoms with Crippen molar-refractivity contribution >= 4 is 11.7 Å². The Morgan fingerprint density at radius 3 is 2.80 bits per heavy atom. The number of hydrogen-bond donors (Lipinski definition) is 0. The molecule has 0 aromatic heterocycles. The van der Waals surface area contributed by atoms with Crippen molar-refractivity contribution in [2.75, 3.05) is 33.2 Å². The van der Waals surface area contributed by atoms with Gasteiger partial charge in [-0.1, -0.05) is 0 Å². The molecule has 1 unspecified atom stereocenters. The summed E-state index contributed by atoms with van der Waals surface area (Å²) in [5.41, 5.74) is 0. The number of ketones is 1. The molecule has 0 spiro atoms. The summed E-state index contributed by atoms with van der Waals surface area (Å²) in [7, 11) is 2.04. The van der Waals surface area contributed by atoms with Crippen LogP contribution in [-0.2, 0) is 9.59 Å². The highest BCUT2D eigenvalue weighted by atomic mass is 16.2. The normalized spacial score (nSPS) is 28.5. The van der Waals surface area contributed by atoms with Gasteiger partial charge in [0.05, 0.1) is 12.5 Å². The van der Waals surface area contributed by atoms with Crippen molar-refractivity contribution in [3.63, 3.8) is 0 Å². The van der Waals surface area contributed by atoms with Crippen LogP contribution in [0.25, 0.3) is 0 Å². The molecule has 2 rings (SSSR count). The minimum absolute atomic E-state index is 0.126. The lowest BCUT2D eigenvalue weighted by Gasteiger charge is -2.28. The van der Waals surface area contributed by atoms with Crippen molar-refractivity contribution in [1.82, 2.24) is 9.80 Å². The Bertz CT molecular complexity index is 278. The second-order valence-electron chi connectivity index (χ2n) is 4.65. The largest absolute Gasteiger partial charge is 0.335 e. The van der Waals surface area contributed by atoms with Gasteiger partial charge in [-0.05, 0) is 26.4 Å². The monoisotopic (exact) mass is 210 g/mol. The lowest BCUT2D eigenvalue weighted by atomic mass is 10.0. The van der Waals surface area contributed by atoms with Gasteiger partial charge in [-0.25, -0.2) is 0 Å². The summed E-state index contributed by atoms with van der Waals surface area (Å²) in [6, 6.07) is 0. The number of carbonyl (C=O) groups is 2. The number of carbonyl (C=O) groups excluding carboxylic acids is 2. The Kier molecular flexibility index (Phi) is 3.05. The van der Waals surface area contributed by atoms with Gasteiger partial charge in [0.15, 0.2) is 5.78 Å². The van der Waals surface area contributed by atoms with E-state index >= 15 is 0 Å². The number of amides is 1. The summed E-state index contributed by atoms with van der Waals surface area (Å²) < 4.78 is 0. The summed E-state index contributed by atoms with van der Waals surface area (Å²) >= 11 is 0. The first-order valence-corrected chi connectivity index (χ1v) is 5.66. The molecule has 1 amide bonds. The van der Waals surface area contributed by atoms with Gasteiger partial charge in [-0.15, -0.1) is 0 Å². The van der Waals surface area contributed by atoms with Gasteiger partial charge in [0.25, 0.3) is 0 Å². The number of hydrogen-bond acceptors (Lipinski definition) is 3. The van der Waals surface area contributed by atoms with Gasteiger partial charge in [0, 0.05) is 19.5 Å². The third-order valence-corrected chi connectivity index (χ3v) is 3.30. The molecule has 2 heterocycles. The van der Waals surface area contributed by atoms with E-state index in [-0.39, 0.29) is 17.6 Å². The molecule has 0 bridgehead atoms. The Hall–Kier alpha value is -0.900. The van der Waals surface area contributed by atoms with Gasteiger partial charge < -0.3 is 9.80 Å². The number of piperidine rings is 1. The van der Waals surface area contributed by atoms with E-state index in [4.69, 9.17) is 0 Å². The molecule has 4 heteroatoms. The SMILES string of the molecule is CN1CCC(C(=O)N2CCCC(=O)C2)C1. The minimum Gasteiger partial charge on any atom is -0.335 e. The van der Waals surface area contributed by atoms with E-state index in [1.54, 1.807) is 4.90 Å². The summed E-state index contributed by atoms with van der Waals surface area (Å²) in [4.78, 5) is 27.2. The summed E-state index contributed by atoms with van der Waals surface area (Å²) in [5.74, 6) is 0.522. The van der Waals surface area contributed by atoms with E-state index in [0.717, 1.165) is 32.5 Å². The molecule has 84 valence electrons. The zero-order valence-corrected chi connectivity index (χ0v) is 9.24. The third-order valence-electron chi connectivity index (χ3n) is 3.30. The fourth-order valence-corrected chi connectivity index (χ4v) is 2.42. The first-order chi connectivity index (χ1) is 7.16. The van der Waals surface area contributed by atoms with Crippen LogP contribution in [-0.4, -0.2) is 54.7 Å². The Labute approximate surface area is 90.2 Å². The molecule has 2 aliphatic heterocycles. The molecular weight excluding hydrogens is 192 g/mol. The van der Waals surface area contributed by atoms with Crippen LogP contribution >= 0.6 is 0 Å². The molecule has 15 heavy (non-hydrogen) atoms. The summed E-state index contributed by atoms with van der Waals surface area (Å²) in [6.45, 7) is 2.96. The van der Waals surface area contributed by atoms with Gasteiger partial charge in [-0.2, -0.15) is 0 Å².